The summed E-state index contributed by atoms with van der Waals surface area (Å²) in [6, 6.07) is 39.2. The first-order valence-corrected chi connectivity index (χ1v) is 11.3. The Morgan fingerprint density at radius 2 is 1.12 bits per heavy atom. The van der Waals surface area contributed by atoms with Crippen molar-refractivity contribution in [2.75, 3.05) is 0 Å². The van der Waals surface area contributed by atoms with Gasteiger partial charge < -0.3 is 8.98 Å². The Kier molecular flexibility index (Phi) is 4.00. The van der Waals surface area contributed by atoms with E-state index in [1.54, 1.807) is 0 Å². The van der Waals surface area contributed by atoms with Crippen LogP contribution in [-0.2, 0) is 0 Å². The average Bonchev–Trinajstić information content (AvgIpc) is 3.23. The van der Waals surface area contributed by atoms with E-state index >= 15 is 0 Å². The van der Waals surface area contributed by atoms with Crippen LogP contribution in [0.1, 0.15) is 0 Å². The minimum absolute atomic E-state index is 0.306. The van der Waals surface area contributed by atoms with Gasteiger partial charge in [0.05, 0.1) is 16.4 Å². The number of para-hydroxylation sites is 2. The second-order valence-corrected chi connectivity index (χ2v) is 8.57. The topological polar surface area (TPSA) is 35.1 Å². The van der Waals surface area contributed by atoms with Gasteiger partial charge in [-0.2, -0.15) is 0 Å². The molecule has 7 rings (SSSR count). The monoisotopic (exact) mass is 437 g/mol. The molecule has 0 aliphatic heterocycles. The van der Waals surface area contributed by atoms with Crippen LogP contribution in [0, 0.1) is 0 Å². The predicted molar refractivity (Wildman–Crippen MR) is 140 cm³/mol. The van der Waals surface area contributed by atoms with Gasteiger partial charge in [-0.15, -0.1) is 0 Å². The maximum Gasteiger partial charge on any atom is 0.344 e. The smallest absolute Gasteiger partial charge is 0.344 e. The van der Waals surface area contributed by atoms with Crippen molar-refractivity contribution in [1.82, 2.24) is 4.57 Å². The first-order valence-electron chi connectivity index (χ1n) is 11.3. The summed E-state index contributed by atoms with van der Waals surface area (Å²) in [4.78, 5) is 12.5. The lowest BCUT2D eigenvalue weighted by Gasteiger charge is -2.09. The highest BCUT2D eigenvalue weighted by molar-refractivity contribution is 6.10. The molecule has 0 saturated heterocycles. The van der Waals surface area contributed by atoms with Crippen LogP contribution in [0.2, 0.25) is 0 Å². The van der Waals surface area contributed by atoms with E-state index in [-0.39, 0.29) is 5.63 Å². The molecule has 0 N–H and O–H groups in total. The zero-order valence-electron chi connectivity index (χ0n) is 18.2. The number of aromatic nitrogens is 1. The Morgan fingerprint density at radius 1 is 0.500 bits per heavy atom. The molecule has 3 nitrogen and oxygen atoms in total. The molecule has 0 spiro atoms. The molecule has 7 aromatic rings. The zero-order valence-corrected chi connectivity index (χ0v) is 18.2. The van der Waals surface area contributed by atoms with E-state index in [2.05, 4.69) is 77.4 Å². The molecule has 2 heterocycles. The van der Waals surface area contributed by atoms with Crippen molar-refractivity contribution in [3.63, 3.8) is 0 Å². The first-order chi connectivity index (χ1) is 16.8. The Morgan fingerprint density at radius 3 is 1.94 bits per heavy atom. The Balaban J connectivity index is 1.49. The van der Waals surface area contributed by atoms with Gasteiger partial charge in [0.1, 0.15) is 5.58 Å². The number of fused-ring (bicyclic) bond motifs is 6. The Hall–Kier alpha value is -4.63. The van der Waals surface area contributed by atoms with Gasteiger partial charge in [-0.25, -0.2) is 4.79 Å². The molecular weight excluding hydrogens is 418 g/mol. The van der Waals surface area contributed by atoms with E-state index in [9.17, 15) is 4.79 Å². The van der Waals surface area contributed by atoms with Crippen LogP contribution in [0.3, 0.4) is 0 Å². The average molecular weight is 437 g/mol. The molecule has 0 radical (unpaired) electrons. The van der Waals surface area contributed by atoms with Gasteiger partial charge in [-0.1, -0.05) is 72.8 Å². The van der Waals surface area contributed by atoms with Crippen molar-refractivity contribution in [2.24, 2.45) is 0 Å². The van der Waals surface area contributed by atoms with Crippen LogP contribution in [-0.4, -0.2) is 4.57 Å². The lowest BCUT2D eigenvalue weighted by atomic mass is 10.0. The molecule has 34 heavy (non-hydrogen) atoms. The molecule has 0 saturated carbocycles. The molecule has 5 aromatic carbocycles. The lowest BCUT2D eigenvalue weighted by molar-refractivity contribution is 0.570. The Labute approximate surface area is 195 Å². The highest BCUT2D eigenvalue weighted by Gasteiger charge is 2.14. The third-order valence-corrected chi connectivity index (χ3v) is 6.64. The Bertz CT molecular complexity index is 1930. The third-order valence-electron chi connectivity index (χ3n) is 6.64. The molecule has 0 aliphatic carbocycles. The van der Waals surface area contributed by atoms with E-state index in [1.165, 1.54) is 16.3 Å². The molecule has 2 aromatic heterocycles. The van der Waals surface area contributed by atoms with Crippen molar-refractivity contribution in [3.05, 3.63) is 126 Å². The summed E-state index contributed by atoms with van der Waals surface area (Å²) >= 11 is 0. The SMILES string of the molecule is O=c1oc2cc(-c3ccc4c5ccccc5n(-c5ccccc5)c4c3)ccc2c2ccccc12. The molecule has 0 aliphatic rings. The minimum atomic E-state index is -0.306. The summed E-state index contributed by atoms with van der Waals surface area (Å²) < 4.78 is 8.01. The van der Waals surface area contributed by atoms with Gasteiger partial charge in [0, 0.05) is 21.8 Å². The fourth-order valence-electron chi connectivity index (χ4n) is 5.07. The van der Waals surface area contributed by atoms with Gasteiger partial charge in [-0.3, -0.25) is 0 Å². The van der Waals surface area contributed by atoms with Crippen molar-refractivity contribution in [1.29, 1.82) is 0 Å². The van der Waals surface area contributed by atoms with Gasteiger partial charge in [0.15, 0.2) is 0 Å². The number of hydrogen-bond acceptors (Lipinski definition) is 2. The predicted octanol–water partition coefficient (Wildman–Crippen LogP) is 7.71. The van der Waals surface area contributed by atoms with Gasteiger partial charge in [0.25, 0.3) is 0 Å². The van der Waals surface area contributed by atoms with Crippen LogP contribution in [0.5, 0.6) is 0 Å². The number of benzene rings is 5. The quantitative estimate of drug-likeness (QED) is 0.205. The van der Waals surface area contributed by atoms with Gasteiger partial charge in [0.2, 0.25) is 0 Å². The molecule has 0 unspecified atom stereocenters. The number of nitrogens with zero attached hydrogens (tertiary/aromatic N) is 1. The van der Waals surface area contributed by atoms with Crippen LogP contribution >= 0.6 is 0 Å². The van der Waals surface area contributed by atoms with Crippen LogP contribution in [0.15, 0.2) is 124 Å². The highest BCUT2D eigenvalue weighted by Crippen LogP contribution is 2.35. The van der Waals surface area contributed by atoms with E-state index < -0.39 is 0 Å². The summed E-state index contributed by atoms with van der Waals surface area (Å²) in [5.41, 5.74) is 5.83. The summed E-state index contributed by atoms with van der Waals surface area (Å²) in [5, 5.41) is 4.90. The zero-order chi connectivity index (χ0) is 22.6. The van der Waals surface area contributed by atoms with Crippen LogP contribution < -0.4 is 5.63 Å². The van der Waals surface area contributed by atoms with E-state index in [0.717, 1.165) is 33.1 Å². The minimum Gasteiger partial charge on any atom is -0.422 e. The molecule has 3 heteroatoms. The molecule has 0 bridgehead atoms. The summed E-state index contributed by atoms with van der Waals surface area (Å²) in [6.45, 7) is 0. The van der Waals surface area contributed by atoms with Gasteiger partial charge in [-0.05, 0) is 59.0 Å². The summed E-state index contributed by atoms with van der Waals surface area (Å²) in [6.07, 6.45) is 0. The number of hydrogen-bond donors (Lipinski definition) is 0. The summed E-state index contributed by atoms with van der Waals surface area (Å²) in [7, 11) is 0. The molecule has 0 atom stereocenters. The molecule has 0 amide bonds. The fourth-order valence-corrected chi connectivity index (χ4v) is 5.07. The first kappa shape index (κ1) is 18.9. The van der Waals surface area contributed by atoms with Crippen molar-refractivity contribution >= 4 is 43.5 Å². The van der Waals surface area contributed by atoms with Crippen LogP contribution in [0.4, 0.5) is 0 Å². The maximum atomic E-state index is 12.5. The highest BCUT2D eigenvalue weighted by atomic mass is 16.4. The van der Waals surface area contributed by atoms with E-state index in [4.69, 9.17) is 4.42 Å². The normalized spacial score (nSPS) is 11.6. The van der Waals surface area contributed by atoms with Crippen molar-refractivity contribution < 1.29 is 4.42 Å². The van der Waals surface area contributed by atoms with Crippen LogP contribution in [0.25, 0.3) is 60.4 Å². The standard InChI is InChI=1S/C31H19NO2/c33-31-27-12-5-4-10-23(27)26-17-15-21(19-30(26)34-31)20-14-16-25-24-11-6-7-13-28(24)32(29(25)18-20)22-8-2-1-3-9-22/h1-19H. The molecular formula is C31H19NO2. The fraction of sp³-hybridized carbons (Fsp3) is 0. The largest absolute Gasteiger partial charge is 0.422 e. The maximum absolute atomic E-state index is 12.5. The lowest BCUT2D eigenvalue weighted by Crippen LogP contribution is -1.99. The molecule has 0 fully saturated rings. The third kappa shape index (κ3) is 2.74. The van der Waals surface area contributed by atoms with E-state index in [0.29, 0.717) is 11.0 Å². The van der Waals surface area contributed by atoms with Crippen molar-refractivity contribution in [2.45, 2.75) is 0 Å². The summed E-state index contributed by atoms with van der Waals surface area (Å²) in [5.74, 6) is 0. The van der Waals surface area contributed by atoms with Crippen molar-refractivity contribution in [3.8, 4) is 16.8 Å². The van der Waals surface area contributed by atoms with E-state index in [1.807, 2.05) is 42.5 Å². The number of rotatable bonds is 2. The molecule has 160 valence electrons. The second-order valence-electron chi connectivity index (χ2n) is 8.57. The second kappa shape index (κ2) is 7.19. The van der Waals surface area contributed by atoms with Gasteiger partial charge >= 0.3 is 5.63 Å².